The first-order valence-corrected chi connectivity index (χ1v) is 11.2. The Bertz CT molecular complexity index is 1170. The first-order valence-electron chi connectivity index (χ1n) is 11.2. The Labute approximate surface area is 187 Å². The van der Waals surface area contributed by atoms with Gasteiger partial charge in [0.15, 0.2) is 0 Å². The lowest BCUT2D eigenvalue weighted by atomic mass is 10.00. The number of imidazole rings is 1. The van der Waals surface area contributed by atoms with Crippen LogP contribution in [0.1, 0.15) is 54.3 Å². The highest BCUT2D eigenvalue weighted by Gasteiger charge is 2.45. The molecule has 0 saturated heterocycles. The van der Waals surface area contributed by atoms with Crippen molar-refractivity contribution in [1.29, 1.82) is 0 Å². The second-order valence-corrected chi connectivity index (χ2v) is 8.65. The van der Waals surface area contributed by atoms with Gasteiger partial charge in [0.05, 0.1) is 24.4 Å². The predicted molar refractivity (Wildman–Crippen MR) is 119 cm³/mol. The highest BCUT2D eigenvalue weighted by atomic mass is 19.1. The Morgan fingerprint density at radius 1 is 1.22 bits per heavy atom. The van der Waals surface area contributed by atoms with E-state index in [9.17, 15) is 9.18 Å². The van der Waals surface area contributed by atoms with Crippen molar-refractivity contribution in [1.82, 2.24) is 9.55 Å². The molecule has 2 aromatic carbocycles. The lowest BCUT2D eigenvalue weighted by molar-refractivity contribution is -0.144. The minimum Gasteiger partial charge on any atom is -0.486 e. The summed E-state index contributed by atoms with van der Waals surface area (Å²) >= 11 is 0. The maximum absolute atomic E-state index is 14.9. The summed E-state index contributed by atoms with van der Waals surface area (Å²) in [7, 11) is 1.98. The second-order valence-electron chi connectivity index (χ2n) is 8.65. The number of benzene rings is 2. The number of halogens is 1. The van der Waals surface area contributed by atoms with Gasteiger partial charge in [-0.05, 0) is 74.4 Å². The number of hydrogen-bond acceptors (Lipinski definition) is 4. The predicted octanol–water partition coefficient (Wildman–Crippen LogP) is 5.27. The van der Waals surface area contributed by atoms with Gasteiger partial charge in [-0.15, -0.1) is 0 Å². The molecule has 3 atom stereocenters. The van der Waals surface area contributed by atoms with Crippen LogP contribution in [0.2, 0.25) is 0 Å². The van der Waals surface area contributed by atoms with E-state index in [4.69, 9.17) is 9.47 Å². The molecule has 2 aliphatic carbocycles. The van der Waals surface area contributed by atoms with E-state index in [2.05, 4.69) is 4.98 Å². The van der Waals surface area contributed by atoms with Gasteiger partial charge >= 0.3 is 5.97 Å². The summed E-state index contributed by atoms with van der Waals surface area (Å²) in [5.41, 5.74) is 4.77. The van der Waals surface area contributed by atoms with Crippen molar-refractivity contribution in [3.05, 3.63) is 70.9 Å². The molecule has 1 heterocycles. The van der Waals surface area contributed by atoms with Crippen molar-refractivity contribution in [2.45, 2.75) is 45.1 Å². The zero-order valence-electron chi connectivity index (χ0n) is 18.6. The van der Waals surface area contributed by atoms with E-state index < -0.39 is 0 Å². The lowest BCUT2D eigenvalue weighted by Crippen LogP contribution is -2.07. The molecule has 166 valence electrons. The van der Waals surface area contributed by atoms with E-state index >= 15 is 0 Å². The van der Waals surface area contributed by atoms with Crippen LogP contribution in [0, 0.1) is 18.7 Å². The van der Waals surface area contributed by atoms with Gasteiger partial charge in [-0.25, -0.2) is 9.37 Å². The standard InChI is InChI=1S/C26H27FN2O3/c1-4-31-26(30)21-13-20(21)16-5-7-17(8-6-16)32-24-12-10-19-18(9-11-22(27)25(19)24)23-14-28-15(2)29(23)3/h5-9,11,14,20-21,24H,4,10,12-13H2,1-3H3/t20-,21+,24-/m1/s1. The smallest absolute Gasteiger partial charge is 0.309 e. The van der Waals surface area contributed by atoms with Crippen LogP contribution < -0.4 is 4.74 Å². The quantitative estimate of drug-likeness (QED) is 0.496. The van der Waals surface area contributed by atoms with Crippen LogP contribution in [0.25, 0.3) is 11.3 Å². The van der Waals surface area contributed by atoms with E-state index in [0.717, 1.165) is 47.5 Å². The van der Waals surface area contributed by atoms with Gasteiger partial charge in [0.2, 0.25) is 0 Å². The van der Waals surface area contributed by atoms with E-state index in [0.29, 0.717) is 17.9 Å². The van der Waals surface area contributed by atoms with E-state index in [1.54, 1.807) is 0 Å². The number of fused-ring (bicyclic) bond motifs is 1. The number of carbonyl (C=O) groups excluding carboxylic acids is 1. The number of ether oxygens (including phenoxy) is 2. The average molecular weight is 435 g/mol. The molecule has 0 N–H and O–H groups in total. The van der Waals surface area contributed by atoms with Crippen molar-refractivity contribution in [3.8, 4) is 17.0 Å². The minimum atomic E-state index is -0.321. The van der Waals surface area contributed by atoms with Crippen LogP contribution in [0.3, 0.4) is 0 Å². The maximum atomic E-state index is 14.9. The van der Waals surface area contributed by atoms with Crippen LogP contribution >= 0.6 is 0 Å². The molecule has 1 fully saturated rings. The Kier molecular flexibility index (Phi) is 5.24. The van der Waals surface area contributed by atoms with Gasteiger partial charge in [0.1, 0.15) is 23.5 Å². The van der Waals surface area contributed by atoms with Gasteiger partial charge in [-0.2, -0.15) is 0 Å². The zero-order valence-corrected chi connectivity index (χ0v) is 18.6. The van der Waals surface area contributed by atoms with Gasteiger partial charge < -0.3 is 14.0 Å². The Hall–Kier alpha value is -3.15. The monoisotopic (exact) mass is 434 g/mol. The summed E-state index contributed by atoms with van der Waals surface area (Å²) in [4.78, 5) is 16.3. The molecule has 0 unspecified atom stereocenters. The van der Waals surface area contributed by atoms with Gasteiger partial charge in [-0.1, -0.05) is 12.1 Å². The highest BCUT2D eigenvalue weighted by molar-refractivity contribution is 5.77. The number of aryl methyl sites for hydroxylation is 1. The average Bonchev–Trinajstić information content (AvgIpc) is 3.38. The lowest BCUT2D eigenvalue weighted by Gasteiger charge is -2.17. The Morgan fingerprint density at radius 3 is 2.69 bits per heavy atom. The summed E-state index contributed by atoms with van der Waals surface area (Å²) in [6.07, 6.45) is 3.85. The van der Waals surface area contributed by atoms with Crippen LogP contribution in [0.4, 0.5) is 4.39 Å². The van der Waals surface area contributed by atoms with Crippen molar-refractivity contribution >= 4 is 5.97 Å². The van der Waals surface area contributed by atoms with Crippen molar-refractivity contribution in [2.24, 2.45) is 13.0 Å². The molecule has 0 aliphatic heterocycles. The summed E-state index contributed by atoms with van der Waals surface area (Å²) in [5.74, 6) is 1.47. The molecular formula is C26H27FN2O3. The molecule has 1 saturated carbocycles. The summed E-state index contributed by atoms with van der Waals surface area (Å²) in [5, 5.41) is 0. The first kappa shape index (κ1) is 20.7. The first-order chi connectivity index (χ1) is 15.5. The maximum Gasteiger partial charge on any atom is 0.309 e. The van der Waals surface area contributed by atoms with Crippen LogP contribution in [-0.4, -0.2) is 22.1 Å². The summed E-state index contributed by atoms with van der Waals surface area (Å²) in [6.45, 7) is 4.20. The fourth-order valence-electron chi connectivity index (χ4n) is 4.81. The normalized spacial score (nSPS) is 21.3. The van der Waals surface area contributed by atoms with Gasteiger partial charge in [-0.3, -0.25) is 4.79 Å². The number of esters is 1. The van der Waals surface area contributed by atoms with Gasteiger partial charge in [0.25, 0.3) is 0 Å². The Morgan fingerprint density at radius 2 is 2.00 bits per heavy atom. The fraction of sp³-hybridized carbons (Fsp3) is 0.385. The molecule has 5 nitrogen and oxygen atoms in total. The SMILES string of the molecule is CCOC(=O)[C@H]1C[C@@H]1c1ccc(O[C@@H]2CCc3c(-c4cnc(C)n4C)ccc(F)c32)cc1. The third-order valence-electron chi connectivity index (χ3n) is 6.75. The minimum absolute atomic E-state index is 0.0356. The van der Waals surface area contributed by atoms with Gasteiger partial charge in [0, 0.05) is 18.2 Å². The molecule has 5 rings (SSSR count). The molecule has 32 heavy (non-hydrogen) atoms. The topological polar surface area (TPSA) is 53.4 Å². The van der Waals surface area contributed by atoms with Crippen molar-refractivity contribution in [2.75, 3.05) is 6.61 Å². The third kappa shape index (κ3) is 3.57. The molecule has 0 bridgehead atoms. The Balaban J connectivity index is 1.34. The van der Waals surface area contributed by atoms with E-state index in [1.807, 2.05) is 62.0 Å². The molecule has 1 aromatic heterocycles. The molecule has 3 aromatic rings. The fourth-order valence-corrected chi connectivity index (χ4v) is 4.81. The van der Waals surface area contributed by atoms with Crippen LogP contribution in [-0.2, 0) is 23.0 Å². The molecular weight excluding hydrogens is 407 g/mol. The summed E-state index contributed by atoms with van der Waals surface area (Å²) < 4.78 is 28.2. The van der Waals surface area contributed by atoms with Crippen molar-refractivity contribution < 1.29 is 18.7 Å². The van der Waals surface area contributed by atoms with E-state index in [-0.39, 0.29) is 29.7 Å². The number of aromatic nitrogens is 2. The number of hydrogen-bond donors (Lipinski definition) is 0. The van der Waals surface area contributed by atoms with Crippen LogP contribution in [0.15, 0.2) is 42.6 Å². The van der Waals surface area contributed by atoms with E-state index in [1.165, 1.54) is 6.07 Å². The molecule has 0 spiro atoms. The third-order valence-corrected chi connectivity index (χ3v) is 6.75. The number of nitrogens with zero attached hydrogens (tertiary/aromatic N) is 2. The van der Waals surface area contributed by atoms with Crippen molar-refractivity contribution in [3.63, 3.8) is 0 Å². The molecule has 0 amide bonds. The second kappa shape index (κ2) is 8.08. The zero-order chi connectivity index (χ0) is 22.4. The highest BCUT2D eigenvalue weighted by Crippen LogP contribution is 2.48. The number of rotatable bonds is 6. The van der Waals surface area contributed by atoms with Crippen LogP contribution in [0.5, 0.6) is 5.75 Å². The number of carbonyl (C=O) groups is 1. The molecule has 2 aliphatic rings. The molecule has 6 heteroatoms. The largest absolute Gasteiger partial charge is 0.486 e. The summed E-state index contributed by atoms with van der Waals surface area (Å²) in [6, 6.07) is 11.2. The molecule has 0 radical (unpaired) electrons.